The summed E-state index contributed by atoms with van der Waals surface area (Å²) in [7, 11) is 0. The molecular formula is C27H40F2N10O3. The highest BCUT2D eigenvalue weighted by Crippen LogP contribution is 2.30. The quantitative estimate of drug-likeness (QED) is 0.529. The first-order valence-electron chi connectivity index (χ1n) is 14.5. The second kappa shape index (κ2) is 12.8. The van der Waals surface area contributed by atoms with Crippen LogP contribution in [0.5, 0.6) is 0 Å². The van der Waals surface area contributed by atoms with Gasteiger partial charge in [-0.3, -0.25) is 4.90 Å². The summed E-state index contributed by atoms with van der Waals surface area (Å²) in [5.74, 6) is 1.21. The van der Waals surface area contributed by atoms with Crippen LogP contribution in [0.15, 0.2) is 6.20 Å². The van der Waals surface area contributed by atoms with Crippen LogP contribution in [0.2, 0.25) is 0 Å². The van der Waals surface area contributed by atoms with Crippen molar-refractivity contribution in [2.45, 2.75) is 45.6 Å². The number of piperazine rings is 1. The van der Waals surface area contributed by atoms with Gasteiger partial charge in [-0.15, -0.1) is 0 Å². The van der Waals surface area contributed by atoms with E-state index in [-0.39, 0.29) is 23.4 Å². The largest absolute Gasteiger partial charge is 0.444 e. The highest BCUT2D eigenvalue weighted by atomic mass is 19.3. The van der Waals surface area contributed by atoms with Gasteiger partial charge in [-0.1, -0.05) is 0 Å². The maximum absolute atomic E-state index is 13.9. The second-order valence-electron chi connectivity index (χ2n) is 11.9. The van der Waals surface area contributed by atoms with Crippen molar-refractivity contribution in [1.82, 2.24) is 34.7 Å². The summed E-state index contributed by atoms with van der Waals surface area (Å²) in [6, 6.07) is 0. The third-order valence-corrected chi connectivity index (χ3v) is 7.63. The number of nitrogens with two attached hydrogens (primary N) is 1. The van der Waals surface area contributed by atoms with Gasteiger partial charge in [-0.2, -0.15) is 15.0 Å². The number of morpholine rings is 1. The van der Waals surface area contributed by atoms with E-state index in [2.05, 4.69) is 29.7 Å². The smallest absolute Gasteiger partial charge is 0.410 e. The van der Waals surface area contributed by atoms with E-state index < -0.39 is 17.7 Å². The predicted octanol–water partition coefficient (Wildman–Crippen LogP) is 2.45. The number of hydrogen-bond acceptors (Lipinski definition) is 12. The molecule has 13 nitrogen and oxygen atoms in total. The Morgan fingerprint density at radius 2 is 1.60 bits per heavy atom. The second-order valence-corrected chi connectivity index (χ2v) is 11.9. The van der Waals surface area contributed by atoms with E-state index in [1.165, 1.54) is 6.20 Å². The average Bonchev–Trinajstić information content (AvgIpc) is 2.97. The number of amides is 1. The molecule has 3 aliphatic rings. The van der Waals surface area contributed by atoms with Crippen LogP contribution in [0.25, 0.3) is 11.4 Å². The summed E-state index contributed by atoms with van der Waals surface area (Å²) >= 11 is 0. The Kier molecular flexibility index (Phi) is 9.16. The van der Waals surface area contributed by atoms with Crippen LogP contribution in [-0.2, 0) is 9.47 Å². The van der Waals surface area contributed by atoms with Gasteiger partial charge in [-0.05, 0) is 39.5 Å². The molecular weight excluding hydrogens is 550 g/mol. The van der Waals surface area contributed by atoms with Crippen LogP contribution in [0, 0.1) is 5.92 Å². The zero-order valence-electron chi connectivity index (χ0n) is 24.5. The minimum atomic E-state index is -2.86. The Bertz CT molecular complexity index is 1230. The average molecular weight is 591 g/mol. The van der Waals surface area contributed by atoms with E-state index in [1.54, 1.807) is 4.90 Å². The molecule has 0 aromatic carbocycles. The molecule has 5 rings (SSSR count). The molecule has 0 radical (unpaired) electrons. The lowest BCUT2D eigenvalue weighted by molar-refractivity contribution is 0.0169. The minimum Gasteiger partial charge on any atom is -0.444 e. The number of hydrogen-bond donors (Lipinski definition) is 1. The summed E-state index contributed by atoms with van der Waals surface area (Å²) < 4.78 is 38.7. The van der Waals surface area contributed by atoms with Gasteiger partial charge in [0.05, 0.1) is 18.8 Å². The first kappa shape index (κ1) is 30.0. The lowest BCUT2D eigenvalue weighted by atomic mass is 9.96. The van der Waals surface area contributed by atoms with Gasteiger partial charge < -0.3 is 29.9 Å². The summed E-state index contributed by atoms with van der Waals surface area (Å²) in [5, 5.41) is 0. The normalized spacial score (nSPS) is 19.4. The van der Waals surface area contributed by atoms with Crippen molar-refractivity contribution in [3.63, 3.8) is 0 Å². The molecule has 0 aliphatic carbocycles. The fraction of sp³-hybridized carbons (Fsp3) is 0.704. The van der Waals surface area contributed by atoms with Gasteiger partial charge in [0.2, 0.25) is 17.8 Å². The number of carbonyl (C=O) groups is 1. The standard InChI is InChI=1S/C27H40F2N10O3/c1-27(2,3)42-26(40)39-6-4-18(5-7-39)17-36-8-10-37(11-9-36)24-33-22(19-16-31-23(30)32-20(19)21(28)29)34-25(35-24)38-12-14-41-15-13-38/h16,18,21H,4-15,17H2,1-3H3,(H2,30,31,32). The Morgan fingerprint density at radius 3 is 2.19 bits per heavy atom. The number of anilines is 3. The third-order valence-electron chi connectivity index (χ3n) is 7.63. The molecule has 2 aromatic rings. The van der Waals surface area contributed by atoms with Crippen LogP contribution < -0.4 is 15.5 Å². The Morgan fingerprint density at radius 1 is 0.976 bits per heavy atom. The van der Waals surface area contributed by atoms with Crippen LogP contribution in [0.3, 0.4) is 0 Å². The van der Waals surface area contributed by atoms with E-state index in [0.717, 1.165) is 32.5 Å². The molecule has 0 saturated carbocycles. The number of nitrogens with zero attached hydrogens (tertiary/aromatic N) is 9. The Labute approximate surface area is 244 Å². The lowest BCUT2D eigenvalue weighted by Crippen LogP contribution is -2.50. The molecule has 1 amide bonds. The van der Waals surface area contributed by atoms with Crippen molar-refractivity contribution < 1.29 is 23.0 Å². The summed E-state index contributed by atoms with van der Waals surface area (Å²) in [6.45, 7) is 13.2. The molecule has 3 saturated heterocycles. The van der Waals surface area contributed by atoms with Crippen molar-refractivity contribution in [1.29, 1.82) is 0 Å². The van der Waals surface area contributed by atoms with Gasteiger partial charge >= 0.3 is 6.09 Å². The number of aromatic nitrogens is 5. The topological polar surface area (TPSA) is 139 Å². The maximum Gasteiger partial charge on any atom is 0.410 e. The number of alkyl halides is 2. The number of halogens is 2. The van der Waals surface area contributed by atoms with Crippen molar-refractivity contribution in [2.75, 3.05) is 87.7 Å². The number of piperidine rings is 1. The van der Waals surface area contributed by atoms with Gasteiger partial charge in [0, 0.05) is 65.1 Å². The molecule has 5 heterocycles. The first-order chi connectivity index (χ1) is 20.1. The number of carbonyl (C=O) groups excluding carboxylic acids is 1. The molecule has 0 bridgehead atoms. The minimum absolute atomic E-state index is 0.0359. The summed E-state index contributed by atoms with van der Waals surface area (Å²) in [4.78, 5) is 42.3. The number of nitrogen functional groups attached to an aromatic ring is 1. The van der Waals surface area contributed by atoms with E-state index in [1.807, 2.05) is 25.7 Å². The van der Waals surface area contributed by atoms with Gasteiger partial charge in [0.1, 0.15) is 11.3 Å². The van der Waals surface area contributed by atoms with E-state index >= 15 is 0 Å². The fourth-order valence-corrected chi connectivity index (χ4v) is 5.39. The predicted molar refractivity (Wildman–Crippen MR) is 152 cm³/mol. The summed E-state index contributed by atoms with van der Waals surface area (Å²) in [6.07, 6.45) is 0.0220. The zero-order chi connectivity index (χ0) is 29.9. The molecule has 42 heavy (non-hydrogen) atoms. The molecule has 3 aliphatic heterocycles. The van der Waals surface area contributed by atoms with E-state index in [0.29, 0.717) is 70.3 Å². The van der Waals surface area contributed by atoms with E-state index in [4.69, 9.17) is 20.2 Å². The van der Waals surface area contributed by atoms with Crippen LogP contribution >= 0.6 is 0 Å². The van der Waals surface area contributed by atoms with Crippen molar-refractivity contribution in [3.05, 3.63) is 11.9 Å². The van der Waals surface area contributed by atoms with Crippen molar-refractivity contribution in [2.24, 2.45) is 5.92 Å². The zero-order valence-corrected chi connectivity index (χ0v) is 24.5. The molecule has 0 spiro atoms. The number of ether oxygens (including phenoxy) is 2. The maximum atomic E-state index is 13.9. The fourth-order valence-electron chi connectivity index (χ4n) is 5.39. The Balaban J connectivity index is 1.25. The molecule has 2 aromatic heterocycles. The number of rotatable bonds is 6. The number of likely N-dealkylation sites (tertiary alicyclic amines) is 1. The highest BCUT2D eigenvalue weighted by molar-refractivity contribution is 5.68. The molecule has 3 fully saturated rings. The summed E-state index contributed by atoms with van der Waals surface area (Å²) in [5.41, 5.74) is 4.63. The monoisotopic (exact) mass is 590 g/mol. The molecule has 2 N–H and O–H groups in total. The van der Waals surface area contributed by atoms with Gasteiger partial charge in [-0.25, -0.2) is 23.5 Å². The highest BCUT2D eigenvalue weighted by Gasteiger charge is 2.30. The van der Waals surface area contributed by atoms with Crippen LogP contribution in [0.4, 0.5) is 31.4 Å². The molecule has 0 atom stereocenters. The van der Waals surface area contributed by atoms with E-state index in [9.17, 15) is 13.6 Å². The molecule has 15 heteroatoms. The molecule has 0 unspecified atom stereocenters. The van der Waals surface area contributed by atoms with Crippen LogP contribution in [-0.4, -0.2) is 119 Å². The van der Waals surface area contributed by atoms with Crippen molar-refractivity contribution >= 4 is 23.9 Å². The first-order valence-corrected chi connectivity index (χ1v) is 14.5. The van der Waals surface area contributed by atoms with Gasteiger partial charge in [0.15, 0.2) is 5.82 Å². The lowest BCUT2D eigenvalue weighted by Gasteiger charge is -2.39. The molecule has 230 valence electrons. The Hall–Kier alpha value is -3.46. The van der Waals surface area contributed by atoms with Crippen LogP contribution in [0.1, 0.15) is 45.7 Å². The SMILES string of the molecule is CC(C)(C)OC(=O)N1CCC(CN2CCN(c3nc(-c4cnc(N)nc4C(F)F)nc(N4CCOCC4)n3)CC2)CC1. The van der Waals surface area contributed by atoms with Crippen molar-refractivity contribution in [3.8, 4) is 11.4 Å². The van der Waals surface area contributed by atoms with Gasteiger partial charge in [0.25, 0.3) is 6.43 Å². The third kappa shape index (κ3) is 7.48.